The topological polar surface area (TPSA) is 170 Å². The molecule has 2 fully saturated rings. The largest absolute Gasteiger partial charge is 0.378 e. The fraction of sp³-hybridized carbons (Fsp3) is 0.286. The number of pyridine rings is 2. The third-order valence-electron chi connectivity index (χ3n) is 18.0. The molecule has 23 atom stereocenters. The zero-order valence-electron chi connectivity index (χ0n) is 64.7. The highest BCUT2D eigenvalue weighted by molar-refractivity contribution is 9.49. The normalized spacial score (nSPS) is 15.6. The second kappa shape index (κ2) is 53.1. The van der Waals surface area contributed by atoms with Gasteiger partial charge in [0.05, 0.1) is 68.5 Å². The molecule has 0 spiro atoms. The van der Waals surface area contributed by atoms with Gasteiger partial charge >= 0.3 is 0 Å². The van der Waals surface area contributed by atoms with Crippen LogP contribution < -0.4 is 20.0 Å². The van der Waals surface area contributed by atoms with E-state index in [0.29, 0.717) is 85.4 Å². The maximum Gasteiger partial charge on any atom is 0.268 e. The number of aryl methyl sites for hydroxylation is 2. The number of hydrogen-bond acceptors (Lipinski definition) is 16. The SMILES string of the molecule is Brc1cnc2nc(N3CCOCC3)sc2c1.Cc1ccc(S(=O)(=O)n2c3c(c4cc(F)ccc42)CN(c2cnc4nc(N5CCOCC5)sc4c2)CC3)cc1.Cc1ccc(S(=O)(=O)n2c3c(c4cc(F)ccc42)CNCC3)cc1.PP(P)P(P(P)P)P(P(P)P)P(P(P(P(P)P)P(P)P)P(P(P)P)P(P)P)P(P(P(P)P)P(P)P)P(P(P)P)P(P)P. The molecule has 16 nitrogen and oxygen atoms in total. The summed E-state index contributed by atoms with van der Waals surface area (Å²) in [7, 11) is 67.4. The molecule has 10 aromatic rings. The first kappa shape index (κ1) is 113. The predicted octanol–water partition coefficient (Wildman–Crippen LogP) is 34.4. The summed E-state index contributed by atoms with van der Waals surface area (Å²) >= 11 is 6.72. The van der Waals surface area contributed by atoms with Gasteiger partial charge < -0.3 is 29.5 Å². The van der Waals surface area contributed by atoms with Crippen LogP contribution in [0.15, 0.2) is 124 Å². The molecule has 1 N–H and O–H groups in total. The highest BCUT2D eigenvalue weighted by Gasteiger charge is 2.56. The number of aromatic nitrogens is 6. The Bertz CT molecular complexity index is 5290. The average molecular weight is 2550 g/mol. The van der Waals surface area contributed by atoms with Crippen LogP contribution in [-0.2, 0) is 55.5 Å². The number of nitrogens with zero attached hydrogens (tertiary/aromatic N) is 9. The molecule has 10 heterocycles. The van der Waals surface area contributed by atoms with Gasteiger partial charge in [0.1, 0.15) is 11.6 Å². The summed E-state index contributed by atoms with van der Waals surface area (Å²) in [6, 6.07) is 26.4. The molecule has 4 aromatic carbocycles. The number of nitrogens with one attached hydrogen (secondary N) is 1. The lowest BCUT2D eigenvalue weighted by molar-refractivity contribution is 0.122. The van der Waals surface area contributed by atoms with Crippen molar-refractivity contribution in [2.45, 2.75) is 49.6 Å². The van der Waals surface area contributed by atoms with Crippen molar-refractivity contribution in [2.24, 2.45) is 0 Å². The number of fused-ring (bicyclic) bond motifs is 8. The Hall–Kier alpha value is 11.6. The van der Waals surface area contributed by atoms with Gasteiger partial charge in [-0.05, 0) is 248 Å². The molecule has 0 aliphatic carbocycles. The van der Waals surface area contributed by atoms with E-state index in [1.807, 2.05) is 20.0 Å². The summed E-state index contributed by atoms with van der Waals surface area (Å²) in [4.78, 5) is 25.3. The first-order chi connectivity index (χ1) is 57.2. The van der Waals surface area contributed by atoms with E-state index < -0.39 is 25.9 Å². The Kier molecular flexibility index (Phi) is 49.6. The zero-order chi connectivity index (χ0) is 88.1. The number of halogens is 3. The molecule has 4 aliphatic rings. The van der Waals surface area contributed by atoms with Gasteiger partial charge in [0.25, 0.3) is 20.0 Å². The molecule has 6 aromatic heterocycles. The number of anilines is 3. The van der Waals surface area contributed by atoms with Gasteiger partial charge in [-0.15, -0.1) is 196 Å². The zero-order valence-corrected chi connectivity index (χ0v) is 113. The molecule has 662 valence electrons. The van der Waals surface area contributed by atoms with Crippen molar-refractivity contribution in [3.63, 3.8) is 0 Å². The standard InChI is InChI=1S/C28H26FN5O3S2.C18H17FN2O2S.C10H10BrN3OS.H44P42/c1-18-2-5-21(6-3-18)39(35,36)34-24-7-4-19(29)14-22(24)23-17-33(9-8-25(23)34)20-15-26-27(30-16-20)31-28(38-26)32-10-12-37-13-11-32;1-12-2-5-14(6-3-12)24(22,23)21-17-7-4-13(19)10-15(17)16-11-20-9-8-18(16)21;11-7-5-8-9(12-6-7)13-10(16-8)14-1-3-15-4-2-14;1-23(2)34(24(3)4)39(33(21)22)42(40(35(25(5)6)26(7)8)36(27(9)10)28(11)12)41(37(29(13)14)30(15)16)38(31(17)18)32(19)20/h2-7,14-16H,8-13,17H2,1H3;2-7,10,20H,8-9,11H2,1H3;5-6H,1-4H2;1-22H2. The number of benzene rings is 4. The molecule has 0 saturated carbocycles. The van der Waals surface area contributed by atoms with Crippen molar-refractivity contribution in [3.8, 4) is 0 Å². The number of rotatable bonds is 26. The average Bonchev–Trinajstić information content (AvgIpc) is 1.61. The third kappa shape index (κ3) is 29.1. The number of ether oxygens (including phenoxy) is 2. The van der Waals surface area contributed by atoms with Crippen LogP contribution in [0.5, 0.6) is 0 Å². The molecular weight excluding hydrogens is 2460 g/mol. The van der Waals surface area contributed by atoms with Gasteiger partial charge in [0.2, 0.25) is 0 Å². The Balaban J connectivity index is 0.000000166. The summed E-state index contributed by atoms with van der Waals surface area (Å²) in [6.07, 6.45) is 4.69. The highest BCUT2D eigenvalue weighted by atomic mass is 79.9. The lowest BCUT2D eigenvalue weighted by Gasteiger charge is -2.56. The van der Waals surface area contributed by atoms with Crippen molar-refractivity contribution in [1.29, 1.82) is 0 Å². The molecule has 65 heteroatoms. The predicted molar refractivity (Wildman–Crippen MR) is 662 cm³/mol. The fourth-order valence-electron chi connectivity index (χ4n) is 12.9. The number of hydrogen-bond donors (Lipinski definition) is 1. The van der Waals surface area contributed by atoms with Gasteiger partial charge in [-0.1, -0.05) is 58.1 Å². The van der Waals surface area contributed by atoms with Crippen LogP contribution in [0.3, 0.4) is 0 Å². The second-order valence-corrected chi connectivity index (χ2v) is 204. The van der Waals surface area contributed by atoms with Gasteiger partial charge in [-0.2, -0.15) is 9.97 Å². The lowest BCUT2D eigenvalue weighted by Crippen LogP contribution is -2.36. The molecule has 121 heavy (non-hydrogen) atoms. The summed E-state index contributed by atoms with van der Waals surface area (Å²) in [5.41, 5.74) is 8.62. The van der Waals surface area contributed by atoms with Crippen molar-refractivity contribution in [1.82, 2.24) is 33.2 Å². The molecule has 23 unspecified atom stereocenters. The van der Waals surface area contributed by atoms with E-state index in [9.17, 15) is 25.6 Å². The van der Waals surface area contributed by atoms with E-state index >= 15 is 0 Å². The Morgan fingerprint density at radius 2 is 0.777 bits per heavy atom. The molecule has 0 bridgehead atoms. The molecule has 0 radical (unpaired) electrons. The van der Waals surface area contributed by atoms with Gasteiger partial charge in [-0.25, -0.2) is 43.5 Å². The minimum absolute atomic E-state index is 0.0542. The second-order valence-electron chi connectivity index (χ2n) is 26.2. The van der Waals surface area contributed by atoms with Crippen LogP contribution in [0.4, 0.5) is 24.7 Å². The monoisotopic (exact) mass is 2550 g/mol. The maximum atomic E-state index is 14.4. The third-order valence-corrected chi connectivity index (χ3v) is 308. The summed E-state index contributed by atoms with van der Waals surface area (Å²) in [6.45, 7) is 10.4. The highest BCUT2D eigenvalue weighted by Crippen LogP contribution is 3.43. The smallest absolute Gasteiger partial charge is 0.268 e. The van der Waals surface area contributed by atoms with Gasteiger partial charge in [-0.3, -0.25) is 0 Å². The summed E-state index contributed by atoms with van der Waals surface area (Å²) in [5.74, 6) is -0.753. The lowest BCUT2D eigenvalue weighted by atomic mass is 10.0. The van der Waals surface area contributed by atoms with Crippen LogP contribution in [0.1, 0.15) is 33.6 Å². The summed E-state index contributed by atoms with van der Waals surface area (Å²) < 4.78 is 99.0. The van der Waals surface area contributed by atoms with Crippen LogP contribution in [0.2, 0.25) is 0 Å². The van der Waals surface area contributed by atoms with E-state index in [0.717, 1.165) is 103 Å². The summed E-state index contributed by atoms with van der Waals surface area (Å²) in [5, 5.41) is 6.50. The molecule has 0 amide bonds. The van der Waals surface area contributed by atoms with E-state index in [-0.39, 0.29) is 155 Å². The molecule has 4 aliphatic heterocycles. The minimum atomic E-state index is -3.87. The Morgan fingerprint density at radius 3 is 1.17 bits per heavy atom. The van der Waals surface area contributed by atoms with Crippen molar-refractivity contribution < 1.29 is 35.1 Å². The van der Waals surface area contributed by atoms with Crippen LogP contribution >= 0.6 is 375 Å². The van der Waals surface area contributed by atoms with Crippen LogP contribution in [-0.4, -0.2) is 110 Å². The van der Waals surface area contributed by atoms with Crippen molar-refractivity contribution in [2.75, 3.05) is 80.4 Å². The van der Waals surface area contributed by atoms with E-state index in [1.54, 1.807) is 89.5 Å². The minimum Gasteiger partial charge on any atom is -0.378 e. The van der Waals surface area contributed by atoms with E-state index in [2.05, 4.69) is 259 Å². The van der Waals surface area contributed by atoms with E-state index in [4.69, 9.17) is 14.5 Å². The first-order valence-electron chi connectivity index (χ1n) is 35.3. The maximum absolute atomic E-state index is 14.4. The van der Waals surface area contributed by atoms with Crippen molar-refractivity contribution >= 4 is 453 Å². The Morgan fingerprint density at radius 1 is 0.421 bits per heavy atom. The fourth-order valence-corrected chi connectivity index (χ4v) is 604. The van der Waals surface area contributed by atoms with Crippen LogP contribution in [0, 0.1) is 25.5 Å². The Labute approximate surface area is 801 Å². The van der Waals surface area contributed by atoms with Crippen molar-refractivity contribution in [3.05, 3.63) is 159 Å². The molecule has 14 rings (SSSR count). The number of thiazole rings is 2. The first-order valence-corrected chi connectivity index (χ1v) is 116. The quantitative estimate of drug-likeness (QED) is 0.0508. The van der Waals surface area contributed by atoms with E-state index in [1.165, 1.54) is 32.2 Å². The molecular formula is C56H97BrF2N10O6P42S4. The van der Waals surface area contributed by atoms with Crippen LogP contribution in [0.25, 0.3) is 42.5 Å². The van der Waals surface area contributed by atoms with Gasteiger partial charge in [0, 0.05) is 104 Å². The number of morpholine rings is 2. The molecule has 2 saturated heterocycles. The van der Waals surface area contributed by atoms with Gasteiger partial charge in [0.15, 0.2) is 21.6 Å².